The number of nitrogens with one attached hydrogen (secondary N) is 1. The summed E-state index contributed by atoms with van der Waals surface area (Å²) in [6.45, 7) is 0.477. The molecule has 0 heterocycles. The molecule has 0 bridgehead atoms. The molecule has 0 aromatic carbocycles. The van der Waals surface area contributed by atoms with E-state index >= 15 is 0 Å². The Kier molecular flexibility index (Phi) is 9.15. The van der Waals surface area contributed by atoms with Crippen LogP contribution in [0, 0.1) is 0 Å². The molecule has 0 aromatic rings. The standard InChI is InChI=1S/C2H9N2O4P.Na.H/c3-1-2-4-8-9(5,6)7;;/h4H,1-3H2,(H2,5,6,7);;/q;+1;-1. The Morgan fingerprint density at radius 2 is 2.20 bits per heavy atom. The first-order valence-electron chi connectivity index (χ1n) is 2.23. The zero-order chi connectivity index (χ0) is 7.33. The quantitative estimate of drug-likeness (QED) is 0.151. The van der Waals surface area contributed by atoms with E-state index in [0.29, 0.717) is 0 Å². The third-order valence-corrected chi connectivity index (χ3v) is 0.797. The monoisotopic (exact) mass is 180 g/mol. The summed E-state index contributed by atoms with van der Waals surface area (Å²) < 4.78 is 13.7. The van der Waals surface area contributed by atoms with E-state index in [1.54, 1.807) is 0 Å². The molecule has 58 valence electrons. The van der Waals surface area contributed by atoms with Gasteiger partial charge in [0.25, 0.3) is 0 Å². The maximum atomic E-state index is 9.87. The van der Waals surface area contributed by atoms with Gasteiger partial charge in [0.1, 0.15) is 0 Å². The van der Waals surface area contributed by atoms with Crippen LogP contribution in [0.4, 0.5) is 0 Å². The van der Waals surface area contributed by atoms with Crippen LogP contribution >= 0.6 is 7.82 Å². The minimum Gasteiger partial charge on any atom is -1.00 e. The molecule has 0 unspecified atom stereocenters. The van der Waals surface area contributed by atoms with Crippen molar-refractivity contribution in [2.45, 2.75) is 0 Å². The minimum atomic E-state index is -4.36. The van der Waals surface area contributed by atoms with Crippen molar-refractivity contribution in [1.82, 2.24) is 5.48 Å². The molecular weight excluding hydrogens is 170 g/mol. The van der Waals surface area contributed by atoms with Crippen LogP contribution in [0.1, 0.15) is 1.43 Å². The van der Waals surface area contributed by atoms with Gasteiger partial charge in [0.2, 0.25) is 0 Å². The predicted octanol–water partition coefficient (Wildman–Crippen LogP) is -4.32. The van der Waals surface area contributed by atoms with Crippen LogP contribution in [0.2, 0.25) is 0 Å². The molecule has 8 heteroatoms. The SMILES string of the molecule is NCCNOP(=O)(O)O.[H-].[Na+]. The fourth-order valence-electron chi connectivity index (χ4n) is 0.189. The van der Waals surface area contributed by atoms with Gasteiger partial charge in [-0.15, -0.1) is 0 Å². The first-order valence-corrected chi connectivity index (χ1v) is 3.76. The van der Waals surface area contributed by atoms with Crippen molar-refractivity contribution in [2.24, 2.45) is 5.73 Å². The molecule has 0 radical (unpaired) electrons. The number of hydroxylamine groups is 1. The van der Waals surface area contributed by atoms with Crippen LogP contribution in [0.3, 0.4) is 0 Å². The van der Waals surface area contributed by atoms with Gasteiger partial charge in [-0.1, -0.05) is 0 Å². The molecule has 0 spiro atoms. The van der Waals surface area contributed by atoms with Gasteiger partial charge in [0.15, 0.2) is 0 Å². The van der Waals surface area contributed by atoms with Gasteiger partial charge in [-0.3, -0.25) is 0 Å². The molecule has 0 atom stereocenters. The van der Waals surface area contributed by atoms with Crippen molar-refractivity contribution in [3.63, 3.8) is 0 Å². The van der Waals surface area contributed by atoms with Gasteiger partial charge >= 0.3 is 37.4 Å². The van der Waals surface area contributed by atoms with E-state index in [-0.39, 0.29) is 44.1 Å². The van der Waals surface area contributed by atoms with Gasteiger partial charge in [-0.25, -0.2) is 4.57 Å². The summed E-state index contributed by atoms with van der Waals surface area (Å²) in [5, 5.41) is 0. The van der Waals surface area contributed by atoms with Crippen molar-refractivity contribution in [1.29, 1.82) is 0 Å². The Balaban J connectivity index is -0.000000320. The summed E-state index contributed by atoms with van der Waals surface area (Å²) in [6.07, 6.45) is 0. The predicted molar refractivity (Wildman–Crippen MR) is 31.3 cm³/mol. The van der Waals surface area contributed by atoms with Gasteiger partial charge in [0.05, 0.1) is 0 Å². The maximum Gasteiger partial charge on any atom is 1.00 e. The summed E-state index contributed by atoms with van der Waals surface area (Å²) in [5.74, 6) is 0. The second-order valence-corrected chi connectivity index (χ2v) is 2.43. The molecule has 0 aliphatic rings. The number of hydrogen-bond donors (Lipinski definition) is 4. The van der Waals surface area contributed by atoms with E-state index in [2.05, 4.69) is 4.62 Å². The smallest absolute Gasteiger partial charge is 1.00 e. The zero-order valence-electron chi connectivity index (χ0n) is 6.65. The van der Waals surface area contributed by atoms with E-state index in [1.807, 2.05) is 5.48 Å². The van der Waals surface area contributed by atoms with E-state index in [0.717, 1.165) is 0 Å². The Hall–Kier alpha value is 1.03. The van der Waals surface area contributed by atoms with E-state index in [4.69, 9.17) is 15.5 Å². The second-order valence-electron chi connectivity index (χ2n) is 1.26. The average molecular weight is 180 g/mol. The zero-order valence-corrected chi connectivity index (χ0v) is 8.54. The van der Waals surface area contributed by atoms with Crippen molar-refractivity contribution in [3.8, 4) is 0 Å². The Morgan fingerprint density at radius 1 is 1.70 bits per heavy atom. The summed E-state index contributed by atoms with van der Waals surface area (Å²) in [5.41, 5.74) is 6.95. The molecule has 0 saturated heterocycles. The summed E-state index contributed by atoms with van der Waals surface area (Å²) in [6, 6.07) is 0. The second kappa shape index (κ2) is 6.72. The molecule has 5 N–H and O–H groups in total. The summed E-state index contributed by atoms with van der Waals surface area (Å²) in [7, 11) is -4.36. The van der Waals surface area contributed by atoms with Gasteiger partial charge < -0.3 is 16.9 Å². The number of nitrogens with two attached hydrogens (primary N) is 1. The molecule has 0 rings (SSSR count). The van der Waals surface area contributed by atoms with Crippen LogP contribution < -0.4 is 40.8 Å². The summed E-state index contributed by atoms with van der Waals surface area (Å²) >= 11 is 0. The van der Waals surface area contributed by atoms with Crippen molar-refractivity contribution in [3.05, 3.63) is 0 Å². The van der Waals surface area contributed by atoms with Crippen molar-refractivity contribution >= 4 is 7.82 Å². The molecule has 0 aromatic heterocycles. The number of phosphoric acid groups is 1. The Labute approximate surface area is 82.1 Å². The maximum absolute atomic E-state index is 9.87. The topological polar surface area (TPSA) is 105 Å². The van der Waals surface area contributed by atoms with Gasteiger partial charge in [-0.2, -0.15) is 10.1 Å². The molecule has 0 amide bonds. The first kappa shape index (κ1) is 13.6. The minimum absolute atomic E-state index is 0. The Bertz CT molecular complexity index is 121. The van der Waals surface area contributed by atoms with E-state index in [1.165, 1.54) is 0 Å². The van der Waals surface area contributed by atoms with Gasteiger partial charge in [-0.05, 0) is 0 Å². The number of rotatable bonds is 4. The molecule has 0 saturated carbocycles. The van der Waals surface area contributed by atoms with Crippen molar-refractivity contribution in [2.75, 3.05) is 13.1 Å². The van der Waals surface area contributed by atoms with Crippen LogP contribution in [-0.2, 0) is 9.19 Å². The molecule has 0 aliphatic heterocycles. The fraction of sp³-hybridized carbons (Fsp3) is 1.00. The van der Waals surface area contributed by atoms with Crippen molar-refractivity contribution < 1.29 is 50.0 Å². The average Bonchev–Trinajstić information content (AvgIpc) is 1.63. The molecule has 0 fully saturated rings. The van der Waals surface area contributed by atoms with Crippen LogP contribution in [0.25, 0.3) is 0 Å². The third-order valence-electron chi connectivity index (χ3n) is 0.430. The fourth-order valence-corrected chi connectivity index (χ4v) is 0.448. The van der Waals surface area contributed by atoms with Crippen LogP contribution in [0.5, 0.6) is 0 Å². The summed E-state index contributed by atoms with van der Waals surface area (Å²) in [4.78, 5) is 16.1. The Morgan fingerprint density at radius 3 is 2.50 bits per heavy atom. The van der Waals surface area contributed by atoms with Gasteiger partial charge in [0, 0.05) is 13.1 Å². The van der Waals surface area contributed by atoms with Crippen LogP contribution in [0.15, 0.2) is 0 Å². The third kappa shape index (κ3) is 11.8. The molecule has 10 heavy (non-hydrogen) atoms. The normalized spacial score (nSPS) is 10.7. The molecule has 0 aliphatic carbocycles. The molecular formula is C2H10N2NaO4P. The van der Waals surface area contributed by atoms with Crippen LogP contribution in [-0.4, -0.2) is 22.9 Å². The largest absolute Gasteiger partial charge is 1.00 e. The van der Waals surface area contributed by atoms with E-state index in [9.17, 15) is 4.57 Å². The van der Waals surface area contributed by atoms with E-state index < -0.39 is 7.82 Å². The number of hydrogen-bond acceptors (Lipinski definition) is 4. The first-order chi connectivity index (χ1) is 4.06. The molecule has 6 nitrogen and oxygen atoms in total.